The van der Waals surface area contributed by atoms with Crippen molar-refractivity contribution in [2.24, 2.45) is 0 Å². The summed E-state index contributed by atoms with van der Waals surface area (Å²) in [4.78, 5) is 0. The molecule has 3 rings (SSSR count). The van der Waals surface area contributed by atoms with Gasteiger partial charge in [0, 0.05) is 8.59 Å². The molecule has 3 nitrogen and oxygen atoms in total. The summed E-state index contributed by atoms with van der Waals surface area (Å²) in [5.41, 5.74) is 1.55. The van der Waals surface area contributed by atoms with Gasteiger partial charge in [-0.25, -0.2) is 0 Å². The van der Waals surface area contributed by atoms with Gasteiger partial charge >= 0.3 is 0 Å². The Kier molecular flexibility index (Phi) is 4.05. The predicted octanol–water partition coefficient (Wildman–Crippen LogP) is 3.80. The van der Waals surface area contributed by atoms with Gasteiger partial charge < -0.3 is 14.6 Å². The van der Waals surface area contributed by atoms with Crippen molar-refractivity contribution in [3.8, 4) is 11.5 Å². The number of halogens is 2. The van der Waals surface area contributed by atoms with E-state index in [1.54, 1.807) is 6.07 Å². The zero-order chi connectivity index (χ0) is 14.1. The van der Waals surface area contributed by atoms with Crippen molar-refractivity contribution < 1.29 is 14.6 Å². The van der Waals surface area contributed by atoms with Gasteiger partial charge in [-0.2, -0.15) is 0 Å². The highest BCUT2D eigenvalue weighted by molar-refractivity contribution is 14.1. The van der Waals surface area contributed by atoms with Gasteiger partial charge in [-0.15, -0.1) is 0 Å². The maximum absolute atomic E-state index is 10.5. The smallest absolute Gasteiger partial charge is 0.161 e. The minimum atomic E-state index is -0.739. The van der Waals surface area contributed by atoms with Crippen molar-refractivity contribution >= 4 is 34.2 Å². The molecule has 0 amide bonds. The van der Waals surface area contributed by atoms with E-state index in [0.717, 1.165) is 14.7 Å². The van der Waals surface area contributed by atoms with Gasteiger partial charge in [-0.05, 0) is 64.0 Å². The predicted molar refractivity (Wildman–Crippen MR) is 85.7 cm³/mol. The third-order valence-electron chi connectivity index (χ3n) is 3.13. The average Bonchev–Trinajstić information content (AvgIpc) is 2.48. The molecule has 1 unspecified atom stereocenters. The zero-order valence-corrected chi connectivity index (χ0v) is 13.4. The molecule has 1 atom stereocenters. The lowest BCUT2D eigenvalue weighted by atomic mass is 10.0. The van der Waals surface area contributed by atoms with Crippen molar-refractivity contribution in [3.63, 3.8) is 0 Å². The number of aliphatic hydroxyl groups excluding tert-OH is 1. The van der Waals surface area contributed by atoms with Crippen molar-refractivity contribution in [1.82, 2.24) is 0 Å². The van der Waals surface area contributed by atoms with Crippen LogP contribution in [0.1, 0.15) is 17.2 Å². The first-order valence-electron chi connectivity index (χ1n) is 6.18. The number of rotatable bonds is 2. The van der Waals surface area contributed by atoms with E-state index in [1.807, 2.05) is 30.3 Å². The summed E-state index contributed by atoms with van der Waals surface area (Å²) in [6.07, 6.45) is -0.739. The standard InChI is InChI=1S/C15H12ClIO3/c16-10-2-3-12(17)11(8-10)15(18)9-1-4-13-14(7-9)20-6-5-19-13/h1-4,7-8,15,18H,5-6H2. The van der Waals surface area contributed by atoms with Gasteiger partial charge in [0.15, 0.2) is 11.5 Å². The molecule has 0 aliphatic carbocycles. The number of ether oxygens (including phenoxy) is 2. The Balaban J connectivity index is 1.97. The fraction of sp³-hybridized carbons (Fsp3) is 0.200. The van der Waals surface area contributed by atoms with Crippen molar-refractivity contribution in [2.75, 3.05) is 13.2 Å². The highest BCUT2D eigenvalue weighted by atomic mass is 127. The van der Waals surface area contributed by atoms with Crippen molar-refractivity contribution in [3.05, 3.63) is 56.1 Å². The summed E-state index contributed by atoms with van der Waals surface area (Å²) < 4.78 is 12.0. The van der Waals surface area contributed by atoms with Crippen LogP contribution in [0.2, 0.25) is 5.02 Å². The van der Waals surface area contributed by atoms with E-state index in [0.29, 0.717) is 29.7 Å². The minimum Gasteiger partial charge on any atom is -0.486 e. The molecule has 0 fully saturated rings. The normalized spacial score (nSPS) is 14.9. The molecule has 1 heterocycles. The molecule has 1 aliphatic heterocycles. The molecular formula is C15H12ClIO3. The van der Waals surface area contributed by atoms with E-state index in [4.69, 9.17) is 21.1 Å². The third kappa shape index (κ3) is 2.73. The lowest BCUT2D eigenvalue weighted by Gasteiger charge is -2.20. The van der Waals surface area contributed by atoms with Crippen LogP contribution < -0.4 is 9.47 Å². The van der Waals surface area contributed by atoms with Crippen LogP contribution in [0.15, 0.2) is 36.4 Å². The Morgan fingerprint density at radius 1 is 1.05 bits per heavy atom. The van der Waals surface area contributed by atoms with Crippen LogP contribution in [0.25, 0.3) is 0 Å². The summed E-state index contributed by atoms with van der Waals surface area (Å²) in [6.45, 7) is 1.09. The molecule has 1 aliphatic rings. The van der Waals surface area contributed by atoms with Gasteiger partial charge in [0.2, 0.25) is 0 Å². The number of fused-ring (bicyclic) bond motifs is 1. The minimum absolute atomic E-state index is 0.529. The molecule has 1 N–H and O–H groups in total. The monoisotopic (exact) mass is 402 g/mol. The average molecular weight is 403 g/mol. The number of hydrogen-bond donors (Lipinski definition) is 1. The summed E-state index contributed by atoms with van der Waals surface area (Å²) >= 11 is 8.19. The van der Waals surface area contributed by atoms with Gasteiger partial charge in [0.05, 0.1) is 0 Å². The zero-order valence-electron chi connectivity index (χ0n) is 10.5. The molecule has 0 radical (unpaired) electrons. The first-order chi connectivity index (χ1) is 9.65. The summed E-state index contributed by atoms with van der Waals surface area (Å²) in [5.74, 6) is 1.39. The van der Waals surface area contributed by atoms with E-state index in [9.17, 15) is 5.11 Å². The summed E-state index contributed by atoms with van der Waals surface area (Å²) in [6, 6.07) is 11.0. The molecule has 104 valence electrons. The van der Waals surface area contributed by atoms with Gasteiger partial charge in [-0.3, -0.25) is 0 Å². The van der Waals surface area contributed by atoms with Crippen LogP contribution in [0.5, 0.6) is 11.5 Å². The first kappa shape index (κ1) is 14.0. The second kappa shape index (κ2) is 5.79. The second-order valence-electron chi connectivity index (χ2n) is 4.47. The van der Waals surface area contributed by atoms with Crippen LogP contribution in [0.3, 0.4) is 0 Å². The van der Waals surface area contributed by atoms with Crippen LogP contribution in [-0.4, -0.2) is 18.3 Å². The largest absolute Gasteiger partial charge is 0.486 e. The van der Waals surface area contributed by atoms with Crippen LogP contribution in [-0.2, 0) is 0 Å². The van der Waals surface area contributed by atoms with Gasteiger partial charge in [0.1, 0.15) is 19.3 Å². The Labute approximate surface area is 135 Å². The maximum Gasteiger partial charge on any atom is 0.161 e. The number of aliphatic hydroxyl groups is 1. The molecule has 0 aromatic heterocycles. The maximum atomic E-state index is 10.5. The number of hydrogen-bond acceptors (Lipinski definition) is 3. The second-order valence-corrected chi connectivity index (χ2v) is 6.07. The van der Waals surface area contributed by atoms with Gasteiger partial charge in [-0.1, -0.05) is 17.7 Å². The van der Waals surface area contributed by atoms with E-state index in [1.165, 1.54) is 0 Å². The Hall–Kier alpha value is -0.980. The van der Waals surface area contributed by atoms with Crippen molar-refractivity contribution in [1.29, 1.82) is 0 Å². The Bertz CT molecular complexity index is 645. The fourth-order valence-electron chi connectivity index (χ4n) is 2.13. The topological polar surface area (TPSA) is 38.7 Å². The molecule has 0 saturated heterocycles. The SMILES string of the molecule is OC(c1ccc2c(c1)OCCO2)c1cc(Cl)ccc1I. The van der Waals surface area contributed by atoms with Crippen molar-refractivity contribution in [2.45, 2.75) is 6.10 Å². The summed E-state index contributed by atoms with van der Waals surface area (Å²) in [7, 11) is 0. The Morgan fingerprint density at radius 2 is 1.80 bits per heavy atom. The highest BCUT2D eigenvalue weighted by Gasteiger charge is 2.18. The molecular weight excluding hydrogens is 391 g/mol. The third-order valence-corrected chi connectivity index (χ3v) is 4.35. The molecule has 0 bridgehead atoms. The molecule has 0 saturated carbocycles. The highest BCUT2D eigenvalue weighted by Crippen LogP contribution is 2.35. The van der Waals surface area contributed by atoms with Crippen LogP contribution >= 0.6 is 34.2 Å². The van der Waals surface area contributed by atoms with E-state index in [-0.39, 0.29) is 0 Å². The lowest BCUT2D eigenvalue weighted by molar-refractivity contribution is 0.169. The molecule has 2 aromatic rings. The van der Waals surface area contributed by atoms with Gasteiger partial charge in [0.25, 0.3) is 0 Å². The molecule has 0 spiro atoms. The van der Waals surface area contributed by atoms with E-state index >= 15 is 0 Å². The number of benzene rings is 2. The Morgan fingerprint density at radius 3 is 2.60 bits per heavy atom. The van der Waals surface area contributed by atoms with Crippen LogP contribution in [0, 0.1) is 3.57 Å². The van der Waals surface area contributed by atoms with Crippen LogP contribution in [0.4, 0.5) is 0 Å². The summed E-state index contributed by atoms with van der Waals surface area (Å²) in [5, 5.41) is 11.1. The van der Waals surface area contributed by atoms with E-state index in [2.05, 4.69) is 22.6 Å². The molecule has 20 heavy (non-hydrogen) atoms. The fourth-order valence-corrected chi connectivity index (χ4v) is 2.94. The quantitative estimate of drug-likeness (QED) is 0.777. The van der Waals surface area contributed by atoms with E-state index < -0.39 is 6.10 Å². The lowest BCUT2D eigenvalue weighted by Crippen LogP contribution is -2.15. The molecule has 5 heteroatoms. The molecule has 2 aromatic carbocycles. The first-order valence-corrected chi connectivity index (χ1v) is 7.63.